The Hall–Kier alpha value is -2.07. The smallest absolute Gasteiger partial charge is 0.336 e. The van der Waals surface area contributed by atoms with Gasteiger partial charge in [-0.05, 0) is 18.2 Å². The molecule has 1 N–H and O–H groups in total. The summed E-state index contributed by atoms with van der Waals surface area (Å²) < 4.78 is 10.4. The van der Waals surface area contributed by atoms with Gasteiger partial charge in [-0.1, -0.05) is 0 Å². The minimum Gasteiger partial charge on any atom is -0.464 e. The van der Waals surface area contributed by atoms with Crippen LogP contribution in [0.15, 0.2) is 44.2 Å². The maximum absolute atomic E-state index is 11.2. The van der Waals surface area contributed by atoms with E-state index in [0.717, 1.165) is 5.39 Å². The van der Waals surface area contributed by atoms with Crippen molar-refractivity contribution in [3.8, 4) is 0 Å². The molecule has 0 unspecified atom stereocenters. The predicted octanol–water partition coefficient (Wildman–Crippen LogP) is 2.03. The first-order chi connectivity index (χ1) is 7.79. The van der Waals surface area contributed by atoms with E-state index in [2.05, 4.69) is 0 Å². The molecule has 0 radical (unpaired) electrons. The summed E-state index contributed by atoms with van der Waals surface area (Å²) in [5.74, 6) is 0. The molecule has 0 bridgehead atoms. The SMILES string of the molecule is O=c1ccc2cc(CO)c3occc3c2o1. The number of furan rings is 1. The third-order valence-corrected chi connectivity index (χ3v) is 2.57. The molecule has 4 nitrogen and oxygen atoms in total. The van der Waals surface area contributed by atoms with E-state index in [-0.39, 0.29) is 6.61 Å². The van der Waals surface area contributed by atoms with Crippen molar-refractivity contribution in [3.63, 3.8) is 0 Å². The summed E-state index contributed by atoms with van der Waals surface area (Å²) in [7, 11) is 0. The standard InChI is InChI=1S/C12H8O4/c13-6-8-5-7-1-2-10(14)16-12(7)9-3-4-15-11(8)9/h1-5,13H,6H2. The van der Waals surface area contributed by atoms with Crippen molar-refractivity contribution >= 4 is 21.9 Å². The molecule has 4 heteroatoms. The van der Waals surface area contributed by atoms with Crippen LogP contribution in [0.25, 0.3) is 21.9 Å². The average Bonchev–Trinajstić information content (AvgIpc) is 2.77. The monoisotopic (exact) mass is 216 g/mol. The lowest BCUT2D eigenvalue weighted by Gasteiger charge is -2.01. The van der Waals surface area contributed by atoms with Crippen LogP contribution in [0.1, 0.15) is 5.56 Å². The Morgan fingerprint density at radius 3 is 2.88 bits per heavy atom. The maximum atomic E-state index is 11.2. The molecule has 0 amide bonds. The number of hydrogen-bond donors (Lipinski definition) is 1. The largest absolute Gasteiger partial charge is 0.464 e. The Kier molecular flexibility index (Phi) is 1.84. The van der Waals surface area contributed by atoms with E-state index in [0.29, 0.717) is 22.1 Å². The second-order valence-corrected chi connectivity index (χ2v) is 3.53. The highest BCUT2D eigenvalue weighted by molar-refractivity contribution is 6.03. The van der Waals surface area contributed by atoms with E-state index >= 15 is 0 Å². The van der Waals surface area contributed by atoms with Crippen LogP contribution < -0.4 is 5.63 Å². The normalized spacial score (nSPS) is 11.3. The quantitative estimate of drug-likeness (QED) is 0.632. The molecule has 1 aromatic carbocycles. The molecule has 2 aromatic heterocycles. The lowest BCUT2D eigenvalue weighted by Crippen LogP contribution is -1.95. The van der Waals surface area contributed by atoms with Crippen LogP contribution in [0.3, 0.4) is 0 Å². The summed E-state index contributed by atoms with van der Waals surface area (Å²) in [4.78, 5) is 11.2. The number of hydrogen-bond acceptors (Lipinski definition) is 4. The Morgan fingerprint density at radius 1 is 1.19 bits per heavy atom. The molecule has 3 rings (SSSR count). The van der Waals surface area contributed by atoms with Crippen molar-refractivity contribution in [1.29, 1.82) is 0 Å². The molecular formula is C12H8O4. The van der Waals surface area contributed by atoms with Crippen molar-refractivity contribution in [2.75, 3.05) is 0 Å². The highest BCUT2D eigenvalue weighted by Crippen LogP contribution is 2.28. The first kappa shape index (κ1) is 9.18. The molecule has 80 valence electrons. The van der Waals surface area contributed by atoms with Crippen LogP contribution in [0, 0.1) is 0 Å². The van der Waals surface area contributed by atoms with Gasteiger partial charge in [-0.2, -0.15) is 0 Å². The highest BCUT2D eigenvalue weighted by atomic mass is 16.4. The predicted molar refractivity (Wildman–Crippen MR) is 58.2 cm³/mol. The number of aliphatic hydroxyl groups excluding tert-OH is 1. The van der Waals surface area contributed by atoms with Crippen molar-refractivity contribution in [1.82, 2.24) is 0 Å². The number of aliphatic hydroxyl groups is 1. The third-order valence-electron chi connectivity index (χ3n) is 2.57. The molecule has 0 aliphatic heterocycles. The van der Waals surface area contributed by atoms with E-state index in [9.17, 15) is 9.90 Å². The second kappa shape index (κ2) is 3.21. The van der Waals surface area contributed by atoms with Gasteiger partial charge in [0.2, 0.25) is 0 Å². The number of fused-ring (bicyclic) bond motifs is 3. The summed E-state index contributed by atoms with van der Waals surface area (Å²) in [6, 6.07) is 6.51. The van der Waals surface area contributed by atoms with Gasteiger partial charge >= 0.3 is 5.63 Å². The minimum absolute atomic E-state index is 0.112. The van der Waals surface area contributed by atoms with Gasteiger partial charge in [-0.25, -0.2) is 4.79 Å². The van der Waals surface area contributed by atoms with Gasteiger partial charge in [0.05, 0.1) is 18.3 Å². The summed E-state index contributed by atoms with van der Waals surface area (Å²) in [5, 5.41) is 10.7. The van der Waals surface area contributed by atoms with E-state index in [4.69, 9.17) is 8.83 Å². The van der Waals surface area contributed by atoms with E-state index < -0.39 is 5.63 Å². The fourth-order valence-electron chi connectivity index (χ4n) is 1.86. The second-order valence-electron chi connectivity index (χ2n) is 3.53. The Labute approximate surface area is 89.7 Å². The van der Waals surface area contributed by atoms with Crippen LogP contribution in [0.2, 0.25) is 0 Å². The molecule has 0 aliphatic carbocycles. The lowest BCUT2D eigenvalue weighted by molar-refractivity contribution is 0.282. The van der Waals surface area contributed by atoms with Crippen LogP contribution in [0.4, 0.5) is 0 Å². The molecule has 3 aromatic rings. The highest BCUT2D eigenvalue weighted by Gasteiger charge is 2.10. The minimum atomic E-state index is -0.397. The van der Waals surface area contributed by atoms with E-state index in [1.807, 2.05) is 0 Å². The van der Waals surface area contributed by atoms with Crippen LogP contribution in [-0.2, 0) is 6.61 Å². The van der Waals surface area contributed by atoms with E-state index in [1.54, 1.807) is 18.2 Å². The zero-order valence-corrected chi connectivity index (χ0v) is 8.27. The van der Waals surface area contributed by atoms with Gasteiger partial charge in [0.1, 0.15) is 11.2 Å². The van der Waals surface area contributed by atoms with Gasteiger partial charge in [0, 0.05) is 17.0 Å². The summed E-state index contributed by atoms with van der Waals surface area (Å²) in [5.41, 5.74) is 1.34. The molecule has 0 aliphatic rings. The molecule has 0 saturated carbocycles. The zero-order chi connectivity index (χ0) is 11.1. The van der Waals surface area contributed by atoms with Crippen LogP contribution >= 0.6 is 0 Å². The average molecular weight is 216 g/mol. The molecule has 0 fully saturated rings. The topological polar surface area (TPSA) is 63.6 Å². The molecule has 16 heavy (non-hydrogen) atoms. The third kappa shape index (κ3) is 1.17. The van der Waals surface area contributed by atoms with Crippen molar-refractivity contribution < 1.29 is 13.9 Å². The molecule has 0 atom stereocenters. The molecule has 0 saturated heterocycles. The Balaban J connectivity index is 2.59. The van der Waals surface area contributed by atoms with Gasteiger partial charge in [-0.15, -0.1) is 0 Å². The Morgan fingerprint density at radius 2 is 2.06 bits per heavy atom. The molecule has 0 spiro atoms. The van der Waals surface area contributed by atoms with Crippen molar-refractivity contribution in [2.24, 2.45) is 0 Å². The van der Waals surface area contributed by atoms with E-state index in [1.165, 1.54) is 12.3 Å². The zero-order valence-electron chi connectivity index (χ0n) is 8.27. The van der Waals surface area contributed by atoms with Gasteiger partial charge in [0.25, 0.3) is 0 Å². The van der Waals surface area contributed by atoms with Crippen molar-refractivity contribution in [3.05, 3.63) is 46.5 Å². The lowest BCUT2D eigenvalue weighted by atomic mass is 10.1. The molecular weight excluding hydrogens is 208 g/mol. The summed E-state index contributed by atoms with van der Waals surface area (Å²) in [6.07, 6.45) is 1.51. The summed E-state index contributed by atoms with van der Waals surface area (Å²) >= 11 is 0. The number of rotatable bonds is 1. The fraction of sp³-hybridized carbons (Fsp3) is 0.0833. The summed E-state index contributed by atoms with van der Waals surface area (Å²) in [6.45, 7) is -0.112. The van der Waals surface area contributed by atoms with Gasteiger partial charge in [-0.3, -0.25) is 0 Å². The first-order valence-corrected chi connectivity index (χ1v) is 4.83. The van der Waals surface area contributed by atoms with Crippen LogP contribution in [0.5, 0.6) is 0 Å². The van der Waals surface area contributed by atoms with Crippen molar-refractivity contribution in [2.45, 2.75) is 6.61 Å². The molecule has 2 heterocycles. The number of benzene rings is 1. The first-order valence-electron chi connectivity index (χ1n) is 4.83. The van der Waals surface area contributed by atoms with Gasteiger partial charge in [0.15, 0.2) is 0 Å². The van der Waals surface area contributed by atoms with Gasteiger partial charge < -0.3 is 13.9 Å². The van der Waals surface area contributed by atoms with Crippen LogP contribution in [-0.4, -0.2) is 5.11 Å². The maximum Gasteiger partial charge on any atom is 0.336 e. The fourth-order valence-corrected chi connectivity index (χ4v) is 1.86. The Bertz CT molecular complexity index is 721.